The van der Waals surface area contributed by atoms with Crippen LogP contribution in [0.4, 0.5) is 10.2 Å². The number of nitrogens with zero attached hydrogens (tertiary/aromatic N) is 5. The Morgan fingerprint density at radius 2 is 1.69 bits per heavy atom. The Kier molecular flexibility index (Phi) is 7.07. The second-order valence-electron chi connectivity index (χ2n) is 9.83. The predicted molar refractivity (Wildman–Crippen MR) is 156 cm³/mol. The highest BCUT2D eigenvalue weighted by Crippen LogP contribution is 2.36. The van der Waals surface area contributed by atoms with Gasteiger partial charge in [-0.15, -0.1) is 0 Å². The average molecular weight is 566 g/mol. The van der Waals surface area contributed by atoms with Crippen LogP contribution in [0.2, 0.25) is 0 Å². The first kappa shape index (κ1) is 25.9. The van der Waals surface area contributed by atoms with E-state index in [1.807, 2.05) is 30.3 Å². The van der Waals surface area contributed by atoms with Crippen LogP contribution in [0.1, 0.15) is 17.4 Å². The molecule has 1 aliphatic heterocycles. The topological polar surface area (TPSA) is 112 Å². The summed E-state index contributed by atoms with van der Waals surface area (Å²) < 4.78 is 33.7. The van der Waals surface area contributed by atoms with Crippen molar-refractivity contribution in [1.82, 2.24) is 29.8 Å². The molecule has 0 saturated heterocycles. The Balaban J connectivity index is 1.02. The summed E-state index contributed by atoms with van der Waals surface area (Å²) in [5, 5.41) is 6.61. The lowest BCUT2D eigenvalue weighted by Gasteiger charge is -2.18. The van der Waals surface area contributed by atoms with E-state index in [1.165, 1.54) is 6.07 Å². The molecule has 2 aromatic carbocycles. The zero-order chi connectivity index (χ0) is 28.3. The lowest BCUT2D eigenvalue weighted by molar-refractivity contribution is 0.172. The molecule has 2 N–H and O–H groups in total. The number of nitrogens with one attached hydrogen (secondary N) is 2. The van der Waals surface area contributed by atoms with Crippen LogP contribution in [0.5, 0.6) is 11.5 Å². The van der Waals surface area contributed by atoms with E-state index < -0.39 is 0 Å². The molecular formula is C31H28FN7O3. The number of aromatic nitrogens is 5. The highest BCUT2D eigenvalue weighted by atomic mass is 19.1. The van der Waals surface area contributed by atoms with Gasteiger partial charge in [0.15, 0.2) is 34.3 Å². The fourth-order valence-corrected chi connectivity index (χ4v) is 5.07. The monoisotopic (exact) mass is 565 g/mol. The van der Waals surface area contributed by atoms with E-state index in [0.29, 0.717) is 67.6 Å². The van der Waals surface area contributed by atoms with E-state index in [-0.39, 0.29) is 12.4 Å². The molecule has 10 nitrogen and oxygen atoms in total. The third-order valence-electron chi connectivity index (χ3n) is 7.05. The van der Waals surface area contributed by atoms with Crippen molar-refractivity contribution < 1.29 is 18.3 Å². The van der Waals surface area contributed by atoms with Crippen molar-refractivity contribution in [2.75, 3.05) is 31.6 Å². The van der Waals surface area contributed by atoms with Crippen molar-refractivity contribution in [3.63, 3.8) is 0 Å². The quantitative estimate of drug-likeness (QED) is 0.225. The molecule has 212 valence electrons. The number of rotatable bonds is 10. The molecule has 0 saturated carbocycles. The first-order chi connectivity index (χ1) is 20.7. The number of hydrogen-bond acceptors (Lipinski definition) is 9. The maximum Gasteiger partial charge on any atom is 0.196 e. The van der Waals surface area contributed by atoms with Gasteiger partial charge in [-0.1, -0.05) is 18.2 Å². The number of para-hydroxylation sites is 1. The number of ether oxygens (including phenoxy) is 2. The number of halogens is 1. The molecule has 4 aromatic heterocycles. The Bertz CT molecular complexity index is 1850. The minimum Gasteiger partial charge on any atom is -0.486 e. The van der Waals surface area contributed by atoms with Crippen LogP contribution in [0.3, 0.4) is 0 Å². The second kappa shape index (κ2) is 11.5. The fraction of sp³-hybridized carbons (Fsp3) is 0.226. The third-order valence-corrected chi connectivity index (χ3v) is 7.05. The summed E-state index contributed by atoms with van der Waals surface area (Å²) in [6, 6.07) is 18.9. The first-order valence-corrected chi connectivity index (χ1v) is 13.9. The van der Waals surface area contributed by atoms with Crippen LogP contribution >= 0.6 is 0 Å². The lowest BCUT2D eigenvalue weighted by atomic mass is 10.2. The van der Waals surface area contributed by atoms with Gasteiger partial charge in [0, 0.05) is 62.2 Å². The first-order valence-electron chi connectivity index (χ1n) is 13.9. The number of oxazole rings is 1. The van der Waals surface area contributed by atoms with Crippen molar-refractivity contribution in [3.8, 4) is 17.2 Å². The number of anilines is 1. The van der Waals surface area contributed by atoms with Crippen molar-refractivity contribution in [1.29, 1.82) is 0 Å². The van der Waals surface area contributed by atoms with E-state index in [4.69, 9.17) is 18.9 Å². The van der Waals surface area contributed by atoms with E-state index >= 15 is 0 Å². The summed E-state index contributed by atoms with van der Waals surface area (Å²) in [5.74, 6) is 3.17. The number of fused-ring (bicyclic) bond motifs is 3. The summed E-state index contributed by atoms with van der Waals surface area (Å²) in [7, 11) is 0. The summed E-state index contributed by atoms with van der Waals surface area (Å²) >= 11 is 0. The second-order valence-corrected chi connectivity index (χ2v) is 9.83. The highest BCUT2D eigenvalue weighted by Gasteiger charge is 2.19. The molecule has 42 heavy (non-hydrogen) atoms. The van der Waals surface area contributed by atoms with Crippen LogP contribution in [-0.2, 0) is 19.4 Å². The molecule has 7 rings (SSSR count). The van der Waals surface area contributed by atoms with Crippen molar-refractivity contribution in [3.05, 3.63) is 96.3 Å². The summed E-state index contributed by atoms with van der Waals surface area (Å²) in [6.45, 7) is 2.65. The SMILES string of the molecule is Fc1cccnc1CNc1nccc2oc(CCNCCc3nc4cc5c(cc4n3-c3ccccc3)OCCO5)nc12. The van der Waals surface area contributed by atoms with Gasteiger partial charge >= 0.3 is 0 Å². The van der Waals surface area contributed by atoms with Gasteiger partial charge in [-0.05, 0) is 24.3 Å². The van der Waals surface area contributed by atoms with Crippen molar-refractivity contribution in [2.45, 2.75) is 19.4 Å². The van der Waals surface area contributed by atoms with Gasteiger partial charge in [0.25, 0.3) is 0 Å². The standard InChI is InChI=1S/C31H28FN7O3/c32-21-7-4-11-34-23(21)19-36-31-30-25(8-14-35-31)42-29(38-30)10-13-33-12-9-28-37-22-17-26-27(41-16-15-40-26)18-24(22)39(28)20-5-2-1-3-6-20/h1-8,11,14,17-18,33H,9-10,12-13,15-16,19H2,(H,35,36). The van der Waals surface area contributed by atoms with Gasteiger partial charge in [0.2, 0.25) is 0 Å². The van der Waals surface area contributed by atoms with Crippen LogP contribution < -0.4 is 20.1 Å². The van der Waals surface area contributed by atoms with E-state index in [2.05, 4.69) is 42.3 Å². The number of benzene rings is 2. The molecule has 0 radical (unpaired) electrons. The Hall–Kier alpha value is -5.03. The lowest BCUT2D eigenvalue weighted by Crippen LogP contribution is -2.21. The average Bonchev–Trinajstić information content (AvgIpc) is 3.60. The zero-order valence-electron chi connectivity index (χ0n) is 22.7. The largest absolute Gasteiger partial charge is 0.486 e. The fourth-order valence-electron chi connectivity index (χ4n) is 5.07. The van der Waals surface area contributed by atoms with Gasteiger partial charge in [0.05, 0.1) is 23.3 Å². The minimum absolute atomic E-state index is 0.193. The van der Waals surface area contributed by atoms with Crippen molar-refractivity contribution in [2.24, 2.45) is 0 Å². The maximum atomic E-state index is 14.0. The van der Waals surface area contributed by atoms with Crippen LogP contribution in [0.15, 0.2) is 77.5 Å². The molecule has 11 heteroatoms. The highest BCUT2D eigenvalue weighted by molar-refractivity contribution is 5.84. The predicted octanol–water partition coefficient (Wildman–Crippen LogP) is 4.85. The Morgan fingerprint density at radius 1 is 0.857 bits per heavy atom. The minimum atomic E-state index is -0.370. The van der Waals surface area contributed by atoms with Gasteiger partial charge in [-0.25, -0.2) is 19.3 Å². The summed E-state index contributed by atoms with van der Waals surface area (Å²) in [6.07, 6.45) is 4.51. The Labute approximate surface area is 240 Å². The van der Waals surface area contributed by atoms with Crippen LogP contribution in [-0.4, -0.2) is 50.8 Å². The summed E-state index contributed by atoms with van der Waals surface area (Å²) in [4.78, 5) is 18.0. The van der Waals surface area contributed by atoms with E-state index in [0.717, 1.165) is 34.0 Å². The molecule has 5 heterocycles. The van der Waals surface area contributed by atoms with Crippen LogP contribution in [0, 0.1) is 5.82 Å². The molecule has 0 aliphatic carbocycles. The molecule has 0 fully saturated rings. The maximum absolute atomic E-state index is 14.0. The summed E-state index contributed by atoms with van der Waals surface area (Å²) in [5.41, 5.74) is 4.43. The van der Waals surface area contributed by atoms with Crippen LogP contribution in [0.25, 0.3) is 27.8 Å². The van der Waals surface area contributed by atoms with Gasteiger partial charge in [0.1, 0.15) is 24.9 Å². The van der Waals surface area contributed by atoms with Gasteiger partial charge in [-0.3, -0.25) is 9.55 Å². The number of pyridine rings is 2. The molecule has 0 unspecified atom stereocenters. The normalized spacial score (nSPS) is 12.7. The molecular weight excluding hydrogens is 537 g/mol. The molecule has 6 aromatic rings. The molecule has 1 aliphatic rings. The smallest absolute Gasteiger partial charge is 0.196 e. The Morgan fingerprint density at radius 3 is 2.55 bits per heavy atom. The van der Waals surface area contributed by atoms with E-state index in [1.54, 1.807) is 24.5 Å². The molecule has 0 atom stereocenters. The van der Waals surface area contributed by atoms with Crippen molar-refractivity contribution >= 4 is 28.0 Å². The number of hydrogen-bond donors (Lipinski definition) is 2. The third kappa shape index (κ3) is 5.21. The zero-order valence-corrected chi connectivity index (χ0v) is 22.7. The molecule has 0 bridgehead atoms. The number of imidazole rings is 1. The van der Waals surface area contributed by atoms with E-state index in [9.17, 15) is 4.39 Å². The molecule has 0 spiro atoms. The van der Waals surface area contributed by atoms with Gasteiger partial charge in [-0.2, -0.15) is 0 Å². The van der Waals surface area contributed by atoms with Gasteiger partial charge < -0.3 is 24.5 Å². The molecule has 0 amide bonds.